The van der Waals surface area contributed by atoms with E-state index in [0.717, 1.165) is 29.7 Å². The summed E-state index contributed by atoms with van der Waals surface area (Å²) < 4.78 is 5.75. The van der Waals surface area contributed by atoms with Crippen molar-refractivity contribution in [2.45, 2.75) is 38.7 Å². The van der Waals surface area contributed by atoms with E-state index in [1.54, 1.807) is 24.3 Å². The van der Waals surface area contributed by atoms with Gasteiger partial charge in [0.1, 0.15) is 10.8 Å². The molecule has 146 valence electrons. The third kappa shape index (κ3) is 2.93. The van der Waals surface area contributed by atoms with Gasteiger partial charge in [-0.2, -0.15) is 0 Å². The lowest BCUT2D eigenvalue weighted by Crippen LogP contribution is -2.56. The second-order valence-electron chi connectivity index (χ2n) is 7.46. The number of ether oxygens (including phenoxy) is 1. The number of primary amides is 1. The minimum Gasteiger partial charge on any atom is -0.466 e. The van der Waals surface area contributed by atoms with Gasteiger partial charge < -0.3 is 21.1 Å². The second kappa shape index (κ2) is 6.63. The molecular weight excluding hydrogens is 378 g/mol. The molecule has 0 bridgehead atoms. The number of nitrogens with one attached hydrogen (secondary N) is 2. The average molecular weight is 399 g/mol. The lowest BCUT2D eigenvalue weighted by molar-refractivity contribution is -0.143. The van der Waals surface area contributed by atoms with Gasteiger partial charge in [0.25, 0.3) is 23.3 Å². The highest BCUT2D eigenvalue weighted by Gasteiger charge is 2.47. The Morgan fingerprint density at radius 3 is 2.86 bits per heavy atom. The van der Waals surface area contributed by atoms with Crippen molar-refractivity contribution in [2.75, 3.05) is 10.6 Å². The molecule has 7 nitrogen and oxygen atoms in total. The van der Waals surface area contributed by atoms with E-state index in [2.05, 4.69) is 17.6 Å². The molecule has 1 aliphatic heterocycles. The number of fused-ring (bicyclic) bond motifs is 2. The van der Waals surface area contributed by atoms with Gasteiger partial charge >= 0.3 is 0 Å². The van der Waals surface area contributed by atoms with E-state index in [-0.39, 0.29) is 0 Å². The van der Waals surface area contributed by atoms with Crippen LogP contribution in [0, 0.1) is 5.92 Å². The van der Waals surface area contributed by atoms with E-state index in [9.17, 15) is 14.4 Å². The van der Waals surface area contributed by atoms with E-state index < -0.39 is 23.3 Å². The van der Waals surface area contributed by atoms with Crippen molar-refractivity contribution in [3.8, 4) is 5.75 Å². The molecule has 2 atom stereocenters. The minimum absolute atomic E-state index is 0.348. The van der Waals surface area contributed by atoms with Crippen LogP contribution in [-0.2, 0) is 22.4 Å². The van der Waals surface area contributed by atoms with Crippen LogP contribution in [0.25, 0.3) is 0 Å². The first-order valence-corrected chi connectivity index (χ1v) is 9.96. The van der Waals surface area contributed by atoms with Crippen LogP contribution in [0.1, 0.15) is 41.1 Å². The lowest BCUT2D eigenvalue weighted by atomic mass is 9.88. The molecule has 28 heavy (non-hydrogen) atoms. The zero-order valence-electron chi connectivity index (χ0n) is 15.6. The van der Waals surface area contributed by atoms with Gasteiger partial charge in [-0.05, 0) is 49.8 Å². The van der Waals surface area contributed by atoms with Crippen LogP contribution in [0.15, 0.2) is 24.3 Å². The van der Waals surface area contributed by atoms with E-state index >= 15 is 0 Å². The summed E-state index contributed by atoms with van der Waals surface area (Å²) in [6.07, 6.45) is 2.57. The number of thiophene rings is 1. The molecule has 2 unspecified atom stereocenters. The summed E-state index contributed by atoms with van der Waals surface area (Å²) in [5.41, 5.74) is 5.61. The van der Waals surface area contributed by atoms with Crippen molar-refractivity contribution in [3.05, 3.63) is 40.3 Å². The molecule has 0 fully saturated rings. The maximum atomic E-state index is 13.0. The van der Waals surface area contributed by atoms with Crippen LogP contribution in [-0.4, -0.2) is 23.3 Å². The topological polar surface area (TPSA) is 111 Å². The Morgan fingerprint density at radius 1 is 1.36 bits per heavy atom. The molecule has 0 spiro atoms. The molecule has 1 aliphatic carbocycles. The van der Waals surface area contributed by atoms with Crippen LogP contribution in [0.2, 0.25) is 0 Å². The van der Waals surface area contributed by atoms with Crippen LogP contribution >= 0.6 is 11.3 Å². The molecule has 4 N–H and O–H groups in total. The SMILES string of the molecule is CC1CCc2c(sc(NC(=O)C3(C)Oc4ccccc4NC3=O)c2C(N)=O)C1. The van der Waals surface area contributed by atoms with E-state index in [1.807, 2.05) is 0 Å². The number of benzene rings is 1. The molecule has 1 aromatic carbocycles. The fourth-order valence-electron chi connectivity index (χ4n) is 3.64. The summed E-state index contributed by atoms with van der Waals surface area (Å²) in [7, 11) is 0. The normalized spacial score (nSPS) is 23.1. The predicted molar refractivity (Wildman–Crippen MR) is 107 cm³/mol. The molecule has 0 saturated heterocycles. The molecule has 0 radical (unpaired) electrons. The number of anilines is 2. The van der Waals surface area contributed by atoms with E-state index in [0.29, 0.717) is 27.9 Å². The van der Waals surface area contributed by atoms with Gasteiger partial charge in [-0.1, -0.05) is 19.1 Å². The van der Waals surface area contributed by atoms with Gasteiger partial charge in [0.2, 0.25) is 0 Å². The first-order chi connectivity index (χ1) is 13.3. The molecule has 0 saturated carbocycles. The fraction of sp³-hybridized carbons (Fsp3) is 0.350. The molecule has 2 heterocycles. The molecule has 8 heteroatoms. The fourth-order valence-corrected chi connectivity index (χ4v) is 5.05. The van der Waals surface area contributed by atoms with Gasteiger partial charge in [-0.3, -0.25) is 14.4 Å². The van der Waals surface area contributed by atoms with Crippen molar-refractivity contribution >= 4 is 39.7 Å². The summed E-state index contributed by atoms with van der Waals surface area (Å²) in [4.78, 5) is 38.7. The second-order valence-corrected chi connectivity index (χ2v) is 8.57. The summed E-state index contributed by atoms with van der Waals surface area (Å²) in [6.45, 7) is 3.57. The number of para-hydroxylation sites is 2. The molecule has 4 rings (SSSR count). The summed E-state index contributed by atoms with van der Waals surface area (Å²) in [6, 6.07) is 6.90. The Kier molecular flexibility index (Phi) is 4.38. The number of carbonyl (C=O) groups excluding carboxylic acids is 3. The largest absolute Gasteiger partial charge is 0.466 e. The van der Waals surface area contributed by atoms with Crippen molar-refractivity contribution in [2.24, 2.45) is 11.7 Å². The summed E-state index contributed by atoms with van der Waals surface area (Å²) in [5.74, 6) is -0.870. The minimum atomic E-state index is -1.76. The van der Waals surface area contributed by atoms with Gasteiger partial charge in [0, 0.05) is 4.88 Å². The maximum Gasteiger partial charge on any atom is 0.278 e. The highest BCUT2D eigenvalue weighted by Crippen LogP contribution is 2.40. The first-order valence-electron chi connectivity index (χ1n) is 9.15. The monoisotopic (exact) mass is 399 g/mol. The van der Waals surface area contributed by atoms with E-state index in [1.165, 1.54) is 18.3 Å². The average Bonchev–Trinajstić information content (AvgIpc) is 2.99. The van der Waals surface area contributed by atoms with Crippen LogP contribution < -0.4 is 21.1 Å². The van der Waals surface area contributed by atoms with Crippen LogP contribution in [0.4, 0.5) is 10.7 Å². The molecule has 2 aliphatic rings. The van der Waals surface area contributed by atoms with Crippen molar-refractivity contribution in [3.63, 3.8) is 0 Å². The number of amides is 3. The van der Waals surface area contributed by atoms with Gasteiger partial charge in [-0.25, -0.2) is 0 Å². The zero-order chi connectivity index (χ0) is 20.1. The maximum absolute atomic E-state index is 13.0. The number of rotatable bonds is 3. The lowest BCUT2D eigenvalue weighted by Gasteiger charge is -2.33. The van der Waals surface area contributed by atoms with Crippen molar-refractivity contribution in [1.82, 2.24) is 0 Å². The summed E-state index contributed by atoms with van der Waals surface area (Å²) >= 11 is 1.35. The summed E-state index contributed by atoms with van der Waals surface area (Å²) in [5, 5.41) is 5.81. The number of carbonyl (C=O) groups is 3. The quantitative estimate of drug-likeness (QED) is 0.689. The number of nitrogens with two attached hydrogens (primary N) is 1. The Balaban J connectivity index is 1.66. The van der Waals surface area contributed by atoms with Crippen molar-refractivity contribution < 1.29 is 19.1 Å². The van der Waals surface area contributed by atoms with Gasteiger partial charge in [-0.15, -0.1) is 11.3 Å². The zero-order valence-corrected chi connectivity index (χ0v) is 16.4. The number of hydrogen-bond donors (Lipinski definition) is 3. The molecule has 1 aromatic heterocycles. The smallest absolute Gasteiger partial charge is 0.278 e. The highest BCUT2D eigenvalue weighted by molar-refractivity contribution is 7.17. The van der Waals surface area contributed by atoms with Gasteiger partial charge in [0.15, 0.2) is 0 Å². The molecule has 3 amide bonds. The Labute approximate surface area is 166 Å². The Morgan fingerprint density at radius 2 is 2.11 bits per heavy atom. The Hall–Kier alpha value is -2.87. The van der Waals surface area contributed by atoms with Crippen LogP contribution in [0.3, 0.4) is 0 Å². The van der Waals surface area contributed by atoms with Crippen molar-refractivity contribution in [1.29, 1.82) is 0 Å². The van der Waals surface area contributed by atoms with E-state index in [4.69, 9.17) is 10.5 Å². The van der Waals surface area contributed by atoms with Gasteiger partial charge in [0.05, 0.1) is 11.3 Å². The third-order valence-electron chi connectivity index (χ3n) is 5.30. The standard InChI is InChI=1S/C20H21N3O4S/c1-10-7-8-11-14(9-10)28-17(15(11)16(21)24)23-19(26)20(2)18(25)22-12-5-3-4-6-13(12)27-20/h3-6,10H,7-9H2,1-2H3,(H2,21,24)(H,22,25)(H,23,26). The van der Waals surface area contributed by atoms with Crippen LogP contribution in [0.5, 0.6) is 5.75 Å². The Bertz CT molecular complexity index is 999. The predicted octanol–water partition coefficient (Wildman–Crippen LogP) is 2.70. The molecular formula is C20H21N3O4S. The highest BCUT2D eigenvalue weighted by atomic mass is 32.1. The first kappa shape index (κ1) is 18.5. The molecule has 2 aromatic rings. The third-order valence-corrected chi connectivity index (χ3v) is 6.47. The number of hydrogen-bond acceptors (Lipinski definition) is 5.